The number of hydrogen-bond acceptors (Lipinski definition) is 4. The van der Waals surface area contributed by atoms with Gasteiger partial charge in [-0.1, -0.05) is 30.7 Å². The number of nitrogens with two attached hydrogens (primary N) is 1. The van der Waals surface area contributed by atoms with Crippen LogP contribution in [0.5, 0.6) is 0 Å². The fourth-order valence-corrected chi connectivity index (χ4v) is 4.95. The number of halogens is 1. The van der Waals surface area contributed by atoms with Gasteiger partial charge in [0.05, 0.1) is 5.56 Å². The zero-order chi connectivity index (χ0) is 20.3. The van der Waals surface area contributed by atoms with Crippen molar-refractivity contribution in [2.24, 2.45) is 11.7 Å². The maximum atomic E-state index is 12.1. The minimum Gasteiger partial charge on any atom is -0.365 e. The van der Waals surface area contributed by atoms with Crippen LogP contribution in [0.3, 0.4) is 0 Å². The van der Waals surface area contributed by atoms with Gasteiger partial charge in [-0.3, -0.25) is 14.9 Å². The second-order valence-electron chi connectivity index (χ2n) is 6.75. The Bertz CT molecular complexity index is 951. The summed E-state index contributed by atoms with van der Waals surface area (Å²) in [6.45, 7) is 2.19. The van der Waals surface area contributed by atoms with Crippen LogP contribution in [-0.2, 0) is 17.6 Å². The van der Waals surface area contributed by atoms with Crippen molar-refractivity contribution in [3.05, 3.63) is 56.9 Å². The van der Waals surface area contributed by atoms with E-state index in [0.29, 0.717) is 21.5 Å². The van der Waals surface area contributed by atoms with E-state index in [2.05, 4.69) is 17.6 Å². The van der Waals surface area contributed by atoms with Crippen molar-refractivity contribution >= 4 is 63.2 Å². The van der Waals surface area contributed by atoms with Gasteiger partial charge >= 0.3 is 0 Å². The Labute approximate surface area is 178 Å². The number of carbonyl (C=O) groups excluding carboxylic acids is 2. The molecule has 146 valence electrons. The van der Waals surface area contributed by atoms with Crippen LogP contribution in [0.2, 0.25) is 5.02 Å². The van der Waals surface area contributed by atoms with E-state index in [-0.39, 0.29) is 11.0 Å². The van der Waals surface area contributed by atoms with Crippen molar-refractivity contribution in [1.82, 2.24) is 5.32 Å². The molecule has 0 spiro atoms. The van der Waals surface area contributed by atoms with Gasteiger partial charge in [0.2, 0.25) is 5.91 Å². The number of rotatable bonds is 4. The van der Waals surface area contributed by atoms with E-state index in [9.17, 15) is 9.59 Å². The largest absolute Gasteiger partial charge is 0.365 e. The molecule has 4 N–H and O–H groups in total. The summed E-state index contributed by atoms with van der Waals surface area (Å²) in [5, 5.41) is 6.91. The zero-order valence-corrected chi connectivity index (χ0v) is 17.6. The molecular weight excluding hydrogens is 414 g/mol. The maximum Gasteiger partial charge on any atom is 0.251 e. The number of primary amides is 1. The first-order valence-electron chi connectivity index (χ1n) is 8.83. The first-order valence-corrected chi connectivity index (χ1v) is 10.4. The highest BCUT2D eigenvalue weighted by atomic mass is 35.5. The van der Waals surface area contributed by atoms with Gasteiger partial charge in [-0.15, -0.1) is 11.3 Å². The van der Waals surface area contributed by atoms with Gasteiger partial charge < -0.3 is 11.1 Å². The number of anilines is 1. The molecule has 0 unspecified atom stereocenters. The van der Waals surface area contributed by atoms with Crippen LogP contribution in [0.4, 0.5) is 5.00 Å². The summed E-state index contributed by atoms with van der Waals surface area (Å²) in [7, 11) is 0. The summed E-state index contributed by atoms with van der Waals surface area (Å²) in [6, 6.07) is 7.10. The summed E-state index contributed by atoms with van der Waals surface area (Å²) < 4.78 is 0. The number of fused-ring (bicyclic) bond motifs is 1. The molecule has 0 saturated carbocycles. The van der Waals surface area contributed by atoms with Crippen LogP contribution in [0.15, 0.2) is 30.3 Å². The summed E-state index contributed by atoms with van der Waals surface area (Å²) in [5.41, 5.74) is 7.93. The molecule has 8 heteroatoms. The average Bonchev–Trinajstić information content (AvgIpc) is 2.97. The standard InChI is InChI=1S/C20H20ClN3O2S2/c1-11-2-8-14-15(10-11)28-19(17(14)18(22)26)24-20(27)23-16(25)9-5-12-3-6-13(21)7-4-12/h3-7,9,11H,2,8,10H2,1H3,(H2,22,26)(H2,23,24,25,27)/b9-5+/t11-/m1/s1. The molecule has 28 heavy (non-hydrogen) atoms. The zero-order valence-electron chi connectivity index (χ0n) is 15.3. The first-order chi connectivity index (χ1) is 13.3. The second-order valence-corrected chi connectivity index (χ2v) is 8.70. The topological polar surface area (TPSA) is 84.2 Å². The molecule has 0 radical (unpaired) electrons. The Hall–Kier alpha value is -2.22. The predicted octanol–water partition coefficient (Wildman–Crippen LogP) is 4.15. The smallest absolute Gasteiger partial charge is 0.251 e. The second kappa shape index (κ2) is 8.86. The highest BCUT2D eigenvalue weighted by Crippen LogP contribution is 2.39. The average molecular weight is 434 g/mol. The molecule has 0 fully saturated rings. The van der Waals surface area contributed by atoms with Gasteiger partial charge in [-0.05, 0) is 66.7 Å². The van der Waals surface area contributed by atoms with Crippen molar-refractivity contribution in [3.8, 4) is 0 Å². The Morgan fingerprint density at radius 1 is 1.32 bits per heavy atom. The minimum absolute atomic E-state index is 0.125. The van der Waals surface area contributed by atoms with E-state index in [1.807, 2.05) is 0 Å². The number of carbonyl (C=O) groups is 2. The molecule has 0 aliphatic heterocycles. The minimum atomic E-state index is -0.480. The van der Waals surface area contributed by atoms with E-state index in [1.54, 1.807) is 30.3 Å². The van der Waals surface area contributed by atoms with Crippen molar-refractivity contribution < 1.29 is 9.59 Å². The third-order valence-electron chi connectivity index (χ3n) is 4.52. The number of benzene rings is 1. The Balaban J connectivity index is 1.67. The van der Waals surface area contributed by atoms with Crippen LogP contribution >= 0.6 is 35.2 Å². The van der Waals surface area contributed by atoms with Crippen molar-refractivity contribution in [3.63, 3.8) is 0 Å². The van der Waals surface area contributed by atoms with E-state index in [4.69, 9.17) is 29.6 Å². The number of nitrogens with one attached hydrogen (secondary N) is 2. The summed E-state index contributed by atoms with van der Waals surface area (Å²) in [4.78, 5) is 25.2. The van der Waals surface area contributed by atoms with Crippen molar-refractivity contribution in [2.75, 3.05) is 5.32 Å². The summed E-state index contributed by atoms with van der Waals surface area (Å²) in [5.74, 6) is -0.279. The summed E-state index contributed by atoms with van der Waals surface area (Å²) >= 11 is 12.6. The van der Waals surface area contributed by atoms with Crippen molar-refractivity contribution in [1.29, 1.82) is 0 Å². The van der Waals surface area contributed by atoms with Gasteiger partial charge in [0.1, 0.15) is 5.00 Å². The lowest BCUT2D eigenvalue weighted by atomic mass is 9.88. The molecule has 0 saturated heterocycles. The van der Waals surface area contributed by atoms with E-state index in [0.717, 1.165) is 35.3 Å². The summed E-state index contributed by atoms with van der Waals surface area (Å²) in [6.07, 6.45) is 5.82. The Morgan fingerprint density at radius 3 is 2.71 bits per heavy atom. The molecule has 1 heterocycles. The lowest BCUT2D eigenvalue weighted by Crippen LogP contribution is -2.33. The predicted molar refractivity (Wildman–Crippen MR) is 119 cm³/mol. The fraction of sp³-hybridized carbons (Fsp3) is 0.250. The molecule has 2 aromatic rings. The normalized spacial score (nSPS) is 15.9. The number of thiocarbonyl (C=S) groups is 1. The van der Waals surface area contributed by atoms with Gasteiger partial charge in [-0.25, -0.2) is 0 Å². The van der Waals surface area contributed by atoms with Gasteiger partial charge in [0.25, 0.3) is 5.91 Å². The number of amides is 2. The number of thiophene rings is 1. The molecule has 3 rings (SSSR count). The van der Waals surface area contributed by atoms with Crippen LogP contribution < -0.4 is 16.4 Å². The first kappa shape index (κ1) is 20.5. The Kier molecular flexibility index (Phi) is 6.49. The third-order valence-corrected chi connectivity index (χ3v) is 6.14. The monoisotopic (exact) mass is 433 g/mol. The Morgan fingerprint density at radius 2 is 2.04 bits per heavy atom. The van der Waals surface area contributed by atoms with Crippen LogP contribution in [0, 0.1) is 5.92 Å². The molecule has 5 nitrogen and oxygen atoms in total. The van der Waals surface area contributed by atoms with Gasteiger partial charge in [-0.2, -0.15) is 0 Å². The quantitative estimate of drug-likeness (QED) is 0.499. The highest BCUT2D eigenvalue weighted by molar-refractivity contribution is 7.80. The molecule has 1 atom stereocenters. The molecule has 1 aromatic carbocycles. The van der Waals surface area contributed by atoms with Gasteiger partial charge in [0.15, 0.2) is 5.11 Å². The lowest BCUT2D eigenvalue weighted by Gasteiger charge is -2.18. The van der Waals surface area contributed by atoms with Crippen LogP contribution in [0.1, 0.15) is 39.7 Å². The van der Waals surface area contributed by atoms with E-state index in [1.165, 1.54) is 17.4 Å². The molecule has 1 aromatic heterocycles. The third kappa shape index (κ3) is 4.98. The number of hydrogen-bond donors (Lipinski definition) is 3. The highest BCUT2D eigenvalue weighted by Gasteiger charge is 2.26. The molecule has 2 amide bonds. The van der Waals surface area contributed by atoms with E-state index < -0.39 is 5.91 Å². The van der Waals surface area contributed by atoms with E-state index >= 15 is 0 Å². The molecular formula is C20H20ClN3O2S2. The van der Waals surface area contributed by atoms with Crippen molar-refractivity contribution in [2.45, 2.75) is 26.2 Å². The van der Waals surface area contributed by atoms with Gasteiger partial charge in [0, 0.05) is 16.0 Å². The lowest BCUT2D eigenvalue weighted by molar-refractivity contribution is -0.115. The molecule has 0 bridgehead atoms. The van der Waals surface area contributed by atoms with Crippen LogP contribution in [0.25, 0.3) is 6.08 Å². The van der Waals surface area contributed by atoms with Crippen LogP contribution in [-0.4, -0.2) is 16.9 Å². The molecule has 1 aliphatic carbocycles. The molecule has 1 aliphatic rings. The fourth-order valence-electron chi connectivity index (χ4n) is 3.13. The SMILES string of the molecule is C[C@@H]1CCc2c(sc(NC(=S)NC(=O)/C=C/c3ccc(Cl)cc3)c2C(N)=O)C1. The maximum absolute atomic E-state index is 12.1.